The molecule has 0 bridgehead atoms. The molecule has 0 unspecified atom stereocenters. The van der Waals surface area contributed by atoms with E-state index in [4.69, 9.17) is 14.6 Å². The Bertz CT molecular complexity index is 2010. The van der Waals surface area contributed by atoms with Crippen molar-refractivity contribution < 1.29 is 26.3 Å². The summed E-state index contributed by atoms with van der Waals surface area (Å²) in [6.07, 6.45) is 0. The number of sulfonamides is 2. The SMILES string of the molecule is CN1CC(N(C)Cc2cc(S(N)(=O)=O)nn2C)C1.COc1ccc(CN(Cc2ccc(OC)cc2)S(=O)(=O)c2cc(CN(C)C3CN(C)C3)n(C)n2)cc1. The highest BCUT2D eigenvalue weighted by atomic mass is 32.2. The number of hydrogen-bond donors (Lipinski definition) is 1. The van der Waals surface area contributed by atoms with Gasteiger partial charge in [0, 0.05) is 90.7 Å². The highest BCUT2D eigenvalue weighted by Crippen LogP contribution is 2.24. The summed E-state index contributed by atoms with van der Waals surface area (Å²) >= 11 is 0. The largest absolute Gasteiger partial charge is 0.497 e. The van der Waals surface area contributed by atoms with Crippen LogP contribution in [0.3, 0.4) is 0 Å². The zero-order valence-electron chi connectivity index (χ0n) is 32.5. The fourth-order valence-electron chi connectivity index (χ4n) is 6.40. The molecular weight excluding hydrogens is 733 g/mol. The van der Waals surface area contributed by atoms with Crippen molar-refractivity contribution in [2.45, 2.75) is 48.3 Å². The van der Waals surface area contributed by atoms with Gasteiger partial charge in [-0.05, 0) is 63.6 Å². The average Bonchev–Trinajstić information content (AvgIpc) is 3.67. The van der Waals surface area contributed by atoms with E-state index in [0.717, 1.165) is 60.2 Å². The number of nitrogens with zero attached hydrogens (tertiary/aromatic N) is 9. The van der Waals surface area contributed by atoms with Gasteiger partial charge in [-0.2, -0.15) is 14.5 Å². The number of likely N-dealkylation sites (N-methyl/N-ethyl adjacent to an activating group) is 4. The van der Waals surface area contributed by atoms with E-state index < -0.39 is 20.0 Å². The molecule has 0 atom stereocenters. The zero-order valence-corrected chi connectivity index (χ0v) is 34.1. The Kier molecular flexibility index (Phi) is 13.2. The molecular formula is C36H54N10O6S2. The molecule has 296 valence electrons. The fraction of sp³-hybridized carbons (Fsp3) is 0.500. The maximum atomic E-state index is 13.9. The van der Waals surface area contributed by atoms with Gasteiger partial charge >= 0.3 is 0 Å². The van der Waals surface area contributed by atoms with Crippen LogP contribution >= 0.6 is 0 Å². The Hall–Kier alpha value is -3.88. The minimum absolute atomic E-state index is 0.0566. The number of hydrogen-bond acceptors (Lipinski definition) is 12. The number of methoxy groups -OCH3 is 2. The molecule has 2 N–H and O–H groups in total. The third-order valence-electron chi connectivity index (χ3n) is 10.00. The lowest BCUT2D eigenvalue weighted by molar-refractivity contribution is 0.0644. The topological polar surface area (TPSA) is 165 Å². The number of primary sulfonamides is 1. The number of aromatic nitrogens is 4. The Balaban J connectivity index is 0.000000260. The summed E-state index contributed by atoms with van der Waals surface area (Å²) in [7, 11) is 7.41. The molecule has 54 heavy (non-hydrogen) atoms. The first kappa shape index (κ1) is 41.3. The first-order chi connectivity index (χ1) is 25.5. The molecule has 6 rings (SSSR count). The van der Waals surface area contributed by atoms with Crippen molar-refractivity contribution >= 4 is 20.0 Å². The second-order valence-corrected chi connectivity index (χ2v) is 17.7. The lowest BCUT2D eigenvalue weighted by atomic mass is 10.1. The van der Waals surface area contributed by atoms with Gasteiger partial charge in [0.05, 0.1) is 25.6 Å². The monoisotopic (exact) mass is 786 g/mol. The average molecular weight is 787 g/mol. The third kappa shape index (κ3) is 10.2. The molecule has 2 saturated heterocycles. The van der Waals surface area contributed by atoms with E-state index in [0.29, 0.717) is 25.2 Å². The van der Waals surface area contributed by atoms with Gasteiger partial charge in [-0.15, -0.1) is 0 Å². The van der Waals surface area contributed by atoms with Crippen LogP contribution in [-0.2, 0) is 60.3 Å². The molecule has 2 aliphatic heterocycles. The summed E-state index contributed by atoms with van der Waals surface area (Å²) in [6.45, 7) is 5.81. The quantitative estimate of drug-likeness (QED) is 0.185. The molecule has 0 aliphatic carbocycles. The number of likely N-dealkylation sites (tertiary alicyclic amines) is 2. The second kappa shape index (κ2) is 17.3. The van der Waals surface area contributed by atoms with Gasteiger partial charge in [0.1, 0.15) is 11.5 Å². The van der Waals surface area contributed by atoms with E-state index in [1.807, 2.05) is 55.6 Å². The number of benzene rings is 2. The Morgan fingerprint density at radius 2 is 1.02 bits per heavy atom. The van der Waals surface area contributed by atoms with E-state index in [1.54, 1.807) is 43.7 Å². The smallest absolute Gasteiger partial charge is 0.262 e. The van der Waals surface area contributed by atoms with Gasteiger partial charge in [0.25, 0.3) is 20.0 Å². The highest BCUT2D eigenvalue weighted by molar-refractivity contribution is 7.89. The van der Waals surface area contributed by atoms with Crippen LogP contribution in [0.5, 0.6) is 11.5 Å². The van der Waals surface area contributed by atoms with Crippen molar-refractivity contribution in [1.29, 1.82) is 0 Å². The number of aryl methyl sites for hydroxylation is 2. The minimum Gasteiger partial charge on any atom is -0.497 e. The normalized spacial score (nSPS) is 16.0. The van der Waals surface area contributed by atoms with Crippen LogP contribution in [0.4, 0.5) is 0 Å². The van der Waals surface area contributed by atoms with Gasteiger partial charge in [-0.25, -0.2) is 22.0 Å². The van der Waals surface area contributed by atoms with Gasteiger partial charge in [0.15, 0.2) is 10.1 Å². The molecule has 4 heterocycles. The molecule has 0 radical (unpaired) electrons. The molecule has 2 aliphatic rings. The van der Waals surface area contributed by atoms with Crippen molar-refractivity contribution in [3.8, 4) is 11.5 Å². The summed E-state index contributed by atoms with van der Waals surface area (Å²) in [5.74, 6) is 1.44. The lowest BCUT2D eigenvalue weighted by Gasteiger charge is -2.41. The predicted molar refractivity (Wildman–Crippen MR) is 206 cm³/mol. The maximum Gasteiger partial charge on any atom is 0.262 e. The van der Waals surface area contributed by atoms with Crippen molar-refractivity contribution in [2.75, 3.05) is 68.6 Å². The van der Waals surface area contributed by atoms with Crippen LogP contribution in [0.1, 0.15) is 22.5 Å². The van der Waals surface area contributed by atoms with Crippen molar-refractivity contribution in [3.63, 3.8) is 0 Å². The lowest BCUT2D eigenvalue weighted by Crippen LogP contribution is -2.56. The van der Waals surface area contributed by atoms with Gasteiger partial charge in [-0.3, -0.25) is 19.2 Å². The second-order valence-electron chi connectivity index (χ2n) is 14.3. The Labute approximate surface area is 319 Å². The summed E-state index contributed by atoms with van der Waals surface area (Å²) in [4.78, 5) is 8.94. The summed E-state index contributed by atoms with van der Waals surface area (Å²) in [5.41, 5.74) is 3.42. The van der Waals surface area contributed by atoms with E-state index in [9.17, 15) is 16.8 Å². The zero-order chi connectivity index (χ0) is 39.4. The standard InChI is InChI=1S/C26H35N5O4S.C10H19N5O2S/c1-28-17-23(18-28)29(2)19-22-14-26(27-30(22)3)36(32,33)31(15-20-6-10-24(34-4)11-7-20)16-21-8-12-25(35-5)13-9-21;1-13-5-9(6-13)14(2)7-8-4-10(12-15(8)3)18(11,16)17/h6-14,23H,15-19H2,1-5H3;4,9H,5-7H2,1-3H3,(H2,11,16,17). The van der Waals surface area contributed by atoms with E-state index in [-0.39, 0.29) is 23.1 Å². The van der Waals surface area contributed by atoms with Crippen LogP contribution in [0, 0.1) is 0 Å². The van der Waals surface area contributed by atoms with Crippen LogP contribution in [0.2, 0.25) is 0 Å². The highest BCUT2D eigenvalue weighted by Gasteiger charge is 2.31. The molecule has 16 nitrogen and oxygen atoms in total. The van der Waals surface area contributed by atoms with E-state index >= 15 is 0 Å². The third-order valence-corrected chi connectivity index (χ3v) is 12.4. The van der Waals surface area contributed by atoms with Crippen LogP contribution in [0.25, 0.3) is 0 Å². The van der Waals surface area contributed by atoms with Crippen LogP contribution < -0.4 is 14.6 Å². The number of rotatable bonds is 15. The molecule has 2 fully saturated rings. The maximum absolute atomic E-state index is 13.9. The van der Waals surface area contributed by atoms with Gasteiger partial charge < -0.3 is 19.3 Å². The fourth-order valence-corrected chi connectivity index (χ4v) is 8.35. The summed E-state index contributed by atoms with van der Waals surface area (Å²) < 4.78 is 65.3. The predicted octanol–water partition coefficient (Wildman–Crippen LogP) is 1.39. The molecule has 0 saturated carbocycles. The molecule has 0 spiro atoms. The molecule has 0 amide bonds. The molecule has 4 aromatic rings. The number of nitrogens with two attached hydrogens (primary N) is 1. The molecule has 18 heteroatoms. The molecule has 2 aromatic carbocycles. The first-order valence-corrected chi connectivity index (χ1v) is 20.6. The minimum atomic E-state index is -3.87. The Morgan fingerprint density at radius 1 is 0.648 bits per heavy atom. The van der Waals surface area contributed by atoms with Crippen molar-refractivity contribution in [1.82, 2.24) is 43.5 Å². The van der Waals surface area contributed by atoms with E-state index in [1.165, 1.54) is 10.4 Å². The van der Waals surface area contributed by atoms with Crippen molar-refractivity contribution in [3.05, 3.63) is 83.2 Å². The first-order valence-electron chi connectivity index (χ1n) is 17.6. The van der Waals surface area contributed by atoms with E-state index in [2.05, 4.69) is 50.9 Å². The summed E-state index contributed by atoms with van der Waals surface area (Å²) in [5, 5.41) is 13.4. The van der Waals surface area contributed by atoms with Crippen LogP contribution in [-0.4, -0.2) is 141 Å². The van der Waals surface area contributed by atoms with Gasteiger partial charge in [-0.1, -0.05) is 24.3 Å². The molecule has 2 aromatic heterocycles. The van der Waals surface area contributed by atoms with Crippen LogP contribution in [0.15, 0.2) is 70.7 Å². The Morgan fingerprint density at radius 3 is 1.35 bits per heavy atom. The van der Waals surface area contributed by atoms with Crippen molar-refractivity contribution in [2.24, 2.45) is 19.2 Å². The number of ether oxygens (including phenoxy) is 2. The van der Waals surface area contributed by atoms with Gasteiger partial charge in [0.2, 0.25) is 0 Å². The summed E-state index contributed by atoms with van der Waals surface area (Å²) in [6, 6.07) is 19.1.